The molecule has 0 fully saturated rings. The van der Waals surface area contributed by atoms with Gasteiger partial charge in [0.25, 0.3) is 0 Å². The second-order valence-electron chi connectivity index (χ2n) is 3.83. The SMILES string of the molecule is CCC(CC)(/C(C)=C/S)C(C)C. The predicted octanol–water partition coefficient (Wildman–Crippen LogP) is 4.28. The number of hydrogen-bond acceptors (Lipinski definition) is 1. The van der Waals surface area contributed by atoms with E-state index in [1.165, 1.54) is 18.4 Å². The number of rotatable bonds is 4. The van der Waals surface area contributed by atoms with E-state index >= 15 is 0 Å². The van der Waals surface area contributed by atoms with E-state index in [4.69, 9.17) is 0 Å². The van der Waals surface area contributed by atoms with Gasteiger partial charge in [-0.15, -0.1) is 0 Å². The summed E-state index contributed by atoms with van der Waals surface area (Å²) in [4.78, 5) is 0. The third-order valence-electron chi connectivity index (χ3n) is 3.35. The summed E-state index contributed by atoms with van der Waals surface area (Å²) < 4.78 is 0. The molecule has 0 amide bonds. The maximum Gasteiger partial charge on any atom is -0.00650 e. The predicted molar refractivity (Wildman–Crippen MR) is 60.6 cm³/mol. The normalized spacial score (nSPS) is 14.1. The smallest absolute Gasteiger partial charge is 0.00650 e. The molecule has 0 aromatic carbocycles. The molecule has 0 unspecified atom stereocenters. The Hall–Kier alpha value is 0.0900. The summed E-state index contributed by atoms with van der Waals surface area (Å²) in [6.07, 6.45) is 2.42. The maximum absolute atomic E-state index is 4.25. The van der Waals surface area contributed by atoms with Crippen LogP contribution in [0.5, 0.6) is 0 Å². The summed E-state index contributed by atoms with van der Waals surface area (Å²) in [5.74, 6) is 0.705. The fourth-order valence-corrected chi connectivity index (χ4v) is 2.47. The summed E-state index contributed by atoms with van der Waals surface area (Å²) in [5, 5.41) is 1.97. The van der Waals surface area contributed by atoms with Gasteiger partial charge in [0.2, 0.25) is 0 Å². The number of allylic oxidation sites excluding steroid dienone is 1. The van der Waals surface area contributed by atoms with Crippen LogP contribution in [0.4, 0.5) is 0 Å². The maximum atomic E-state index is 4.25. The zero-order valence-corrected chi connectivity index (χ0v) is 9.91. The van der Waals surface area contributed by atoms with E-state index in [1.54, 1.807) is 0 Å². The van der Waals surface area contributed by atoms with E-state index in [1.807, 2.05) is 5.41 Å². The molecule has 0 bridgehead atoms. The van der Waals surface area contributed by atoms with Crippen molar-refractivity contribution in [3.8, 4) is 0 Å². The first-order valence-corrected chi connectivity index (χ1v) is 5.38. The lowest BCUT2D eigenvalue weighted by atomic mass is 9.68. The molecule has 0 aliphatic rings. The Morgan fingerprint density at radius 3 is 1.83 bits per heavy atom. The third kappa shape index (κ3) is 2.07. The molecule has 0 atom stereocenters. The number of thiol groups is 1. The summed E-state index contributed by atoms with van der Waals surface area (Å²) in [6.45, 7) is 11.3. The average molecular weight is 186 g/mol. The van der Waals surface area contributed by atoms with Gasteiger partial charge >= 0.3 is 0 Å². The van der Waals surface area contributed by atoms with Crippen molar-refractivity contribution in [1.29, 1.82) is 0 Å². The lowest BCUT2D eigenvalue weighted by Gasteiger charge is -2.37. The molecule has 0 N–H and O–H groups in total. The molecule has 0 rings (SSSR count). The second kappa shape index (κ2) is 4.96. The molecule has 0 aliphatic heterocycles. The van der Waals surface area contributed by atoms with Gasteiger partial charge < -0.3 is 0 Å². The minimum Gasteiger partial charge on any atom is -0.151 e. The molecular formula is C11H22S. The summed E-state index contributed by atoms with van der Waals surface area (Å²) >= 11 is 4.25. The topological polar surface area (TPSA) is 0 Å². The molecule has 0 aromatic rings. The van der Waals surface area contributed by atoms with Gasteiger partial charge in [0.1, 0.15) is 0 Å². The molecule has 0 aromatic heterocycles. The zero-order chi connectivity index (χ0) is 9.78. The summed E-state index contributed by atoms with van der Waals surface area (Å²) in [6, 6.07) is 0. The van der Waals surface area contributed by atoms with Gasteiger partial charge in [-0.25, -0.2) is 0 Å². The van der Waals surface area contributed by atoms with Crippen molar-refractivity contribution in [1.82, 2.24) is 0 Å². The number of hydrogen-bond donors (Lipinski definition) is 1. The van der Waals surface area contributed by atoms with Crippen LogP contribution in [-0.2, 0) is 0 Å². The van der Waals surface area contributed by atoms with Crippen molar-refractivity contribution in [3.63, 3.8) is 0 Å². The standard InChI is InChI=1S/C11H22S/c1-6-11(7-2,9(3)4)10(5)8-12/h8-9,12H,6-7H2,1-5H3/b10-8+. The average Bonchev–Trinajstić information content (AvgIpc) is 2.06. The first-order chi connectivity index (χ1) is 5.55. The Morgan fingerprint density at radius 2 is 1.75 bits per heavy atom. The van der Waals surface area contributed by atoms with Crippen LogP contribution in [0.15, 0.2) is 11.0 Å². The van der Waals surface area contributed by atoms with E-state index in [0.29, 0.717) is 11.3 Å². The minimum atomic E-state index is 0.377. The van der Waals surface area contributed by atoms with Crippen LogP contribution in [0.25, 0.3) is 0 Å². The Kier molecular flexibility index (Phi) is 5.00. The molecule has 1 heteroatoms. The second-order valence-corrected chi connectivity index (χ2v) is 4.09. The highest BCUT2D eigenvalue weighted by atomic mass is 32.1. The van der Waals surface area contributed by atoms with Gasteiger partial charge in [-0.1, -0.05) is 33.3 Å². The highest BCUT2D eigenvalue weighted by Gasteiger charge is 2.31. The van der Waals surface area contributed by atoms with Crippen LogP contribution in [-0.4, -0.2) is 0 Å². The lowest BCUT2D eigenvalue weighted by Crippen LogP contribution is -2.26. The molecular weight excluding hydrogens is 164 g/mol. The van der Waals surface area contributed by atoms with Gasteiger partial charge in [-0.3, -0.25) is 0 Å². The van der Waals surface area contributed by atoms with Gasteiger partial charge in [0.15, 0.2) is 0 Å². The molecule has 0 spiro atoms. The van der Waals surface area contributed by atoms with E-state index in [2.05, 4.69) is 47.2 Å². The molecule has 0 saturated heterocycles. The Labute approximate surface area is 82.9 Å². The van der Waals surface area contributed by atoms with Crippen LogP contribution in [0, 0.1) is 11.3 Å². The van der Waals surface area contributed by atoms with E-state index < -0.39 is 0 Å². The van der Waals surface area contributed by atoms with Gasteiger partial charge in [-0.2, -0.15) is 12.6 Å². The van der Waals surface area contributed by atoms with Crippen molar-refractivity contribution >= 4 is 12.6 Å². The Balaban J connectivity index is 4.82. The highest BCUT2D eigenvalue weighted by Crippen LogP contribution is 2.42. The summed E-state index contributed by atoms with van der Waals surface area (Å²) in [7, 11) is 0. The van der Waals surface area contributed by atoms with Crippen molar-refractivity contribution in [2.45, 2.75) is 47.5 Å². The van der Waals surface area contributed by atoms with Crippen LogP contribution < -0.4 is 0 Å². The zero-order valence-electron chi connectivity index (χ0n) is 9.02. The molecule has 0 nitrogen and oxygen atoms in total. The molecule has 0 heterocycles. The quantitative estimate of drug-likeness (QED) is 0.622. The van der Waals surface area contributed by atoms with Crippen LogP contribution in [0.1, 0.15) is 47.5 Å². The largest absolute Gasteiger partial charge is 0.151 e. The molecule has 0 radical (unpaired) electrons. The molecule has 0 saturated carbocycles. The van der Waals surface area contributed by atoms with Crippen molar-refractivity contribution in [3.05, 3.63) is 11.0 Å². The molecule has 0 aliphatic carbocycles. The van der Waals surface area contributed by atoms with Gasteiger partial charge in [-0.05, 0) is 36.5 Å². The first-order valence-electron chi connectivity index (χ1n) is 4.86. The monoisotopic (exact) mass is 186 g/mol. The fourth-order valence-electron chi connectivity index (χ4n) is 2.21. The summed E-state index contributed by atoms with van der Waals surface area (Å²) in [5.41, 5.74) is 1.80. The van der Waals surface area contributed by atoms with E-state index in [9.17, 15) is 0 Å². The van der Waals surface area contributed by atoms with E-state index in [-0.39, 0.29) is 0 Å². The Morgan fingerprint density at radius 1 is 1.33 bits per heavy atom. The van der Waals surface area contributed by atoms with Gasteiger partial charge in [0.05, 0.1) is 0 Å². The van der Waals surface area contributed by atoms with Crippen molar-refractivity contribution in [2.24, 2.45) is 11.3 Å². The minimum absolute atomic E-state index is 0.377. The lowest BCUT2D eigenvalue weighted by molar-refractivity contribution is 0.225. The first kappa shape index (κ1) is 12.1. The van der Waals surface area contributed by atoms with Crippen LogP contribution in [0.3, 0.4) is 0 Å². The fraction of sp³-hybridized carbons (Fsp3) is 0.818. The van der Waals surface area contributed by atoms with Crippen LogP contribution in [0.2, 0.25) is 0 Å². The Bertz CT molecular complexity index is 152. The van der Waals surface area contributed by atoms with Crippen molar-refractivity contribution in [2.75, 3.05) is 0 Å². The molecule has 12 heavy (non-hydrogen) atoms. The highest BCUT2D eigenvalue weighted by molar-refractivity contribution is 7.83. The third-order valence-corrected chi connectivity index (χ3v) is 3.73. The van der Waals surface area contributed by atoms with E-state index in [0.717, 1.165) is 0 Å². The van der Waals surface area contributed by atoms with Crippen molar-refractivity contribution < 1.29 is 0 Å². The molecule has 72 valence electrons. The van der Waals surface area contributed by atoms with Gasteiger partial charge in [0, 0.05) is 0 Å². The van der Waals surface area contributed by atoms with Crippen LogP contribution >= 0.6 is 12.6 Å².